The summed E-state index contributed by atoms with van der Waals surface area (Å²) in [7, 11) is 0. The molecule has 322 valence electrons. The van der Waals surface area contributed by atoms with Crippen molar-refractivity contribution in [2.75, 3.05) is 0 Å². The second-order valence-electron chi connectivity index (χ2n) is 13.0. The molecule has 22 heteroatoms. The zero-order valence-electron chi connectivity index (χ0n) is 29.7. The molecule has 1 nitrogen and oxygen atoms in total. The maximum Gasteiger partial charge on any atom is 0.200 e. The van der Waals surface area contributed by atoms with Gasteiger partial charge in [-0.3, -0.25) is 0 Å². The Morgan fingerprint density at radius 3 is 0.903 bits per heavy atom. The summed E-state index contributed by atoms with van der Waals surface area (Å²) in [6, 6.07) is 21.1. The summed E-state index contributed by atoms with van der Waals surface area (Å²) in [5.74, 6) is -71.4. The highest BCUT2D eigenvalue weighted by molar-refractivity contribution is 7.20. The predicted molar refractivity (Wildman–Crippen MR) is 179 cm³/mol. The molecule has 0 fully saturated rings. The first-order valence-corrected chi connectivity index (χ1v) is 16.8. The highest BCUT2D eigenvalue weighted by Gasteiger charge is 2.52. The van der Waals surface area contributed by atoms with Crippen LogP contribution in [-0.2, 0) is 6.42 Å². The number of H-pyrrole nitrogens is 1. The van der Waals surface area contributed by atoms with E-state index in [1.54, 1.807) is 0 Å². The Morgan fingerprint density at radius 2 is 0.581 bits per heavy atom. The first kappa shape index (κ1) is 44.9. The van der Waals surface area contributed by atoms with E-state index in [1.165, 1.54) is 22.0 Å². The average molecular weight is 899 g/mol. The van der Waals surface area contributed by atoms with Crippen molar-refractivity contribution in [1.29, 1.82) is 0 Å². The van der Waals surface area contributed by atoms with Crippen LogP contribution >= 0.6 is 0 Å². The van der Waals surface area contributed by atoms with Gasteiger partial charge in [0, 0.05) is 11.5 Å². The molecule has 0 amide bonds. The van der Waals surface area contributed by atoms with Gasteiger partial charge in [0.15, 0.2) is 81.7 Å². The fourth-order valence-electron chi connectivity index (χ4n) is 7.05. The molecule has 1 aromatic heterocycles. The summed E-state index contributed by atoms with van der Waals surface area (Å²) in [5, 5.41) is 2.59. The van der Waals surface area contributed by atoms with E-state index in [1.807, 2.05) is 6.20 Å². The van der Waals surface area contributed by atoms with Crippen molar-refractivity contribution < 1.29 is 92.8 Å². The molecule has 62 heavy (non-hydrogen) atoms. The summed E-state index contributed by atoms with van der Waals surface area (Å²) in [4.78, 5) is 3.36. The van der Waals surface area contributed by atoms with Crippen LogP contribution in [0.5, 0.6) is 0 Å². The molecule has 0 atom stereocenters. The van der Waals surface area contributed by atoms with Gasteiger partial charge in [0.05, 0.1) is 6.42 Å². The van der Waals surface area contributed by atoms with Crippen LogP contribution in [0.15, 0.2) is 66.9 Å². The van der Waals surface area contributed by atoms with Crippen LogP contribution in [0.4, 0.5) is 87.8 Å². The Balaban J connectivity index is 0.000000311. The zero-order valence-corrected chi connectivity index (χ0v) is 29.7. The molecule has 0 aliphatic heterocycles. The fraction of sp³-hybridized carbons (Fsp3) is 0.0250. The van der Waals surface area contributed by atoms with Crippen LogP contribution in [0, 0.1) is 116 Å². The number of rotatable bonds is 6. The number of aromatic amines is 1. The van der Waals surface area contributed by atoms with Crippen molar-refractivity contribution in [1.82, 2.24) is 0 Å². The lowest BCUT2D eigenvalue weighted by atomic mass is 9.12. The lowest BCUT2D eigenvalue weighted by Gasteiger charge is -2.44. The Bertz CT molecular complexity index is 2550. The maximum atomic E-state index is 15.4. The summed E-state index contributed by atoms with van der Waals surface area (Å²) in [6.45, 7) is 0. The van der Waals surface area contributed by atoms with E-state index in [0.29, 0.717) is 0 Å². The number of pyridine rings is 1. The topological polar surface area (TPSA) is 14.1 Å². The highest BCUT2D eigenvalue weighted by atomic mass is 19.2. The summed E-state index contributed by atoms with van der Waals surface area (Å²) >= 11 is 0. The minimum Gasteiger partial charge on any atom is -0.214 e. The Hall–Kier alpha value is -6.61. The van der Waals surface area contributed by atoms with Crippen molar-refractivity contribution in [3.63, 3.8) is 0 Å². The van der Waals surface area contributed by atoms with E-state index in [-0.39, 0.29) is 0 Å². The number of fused-ring (bicyclic) bond motifs is 1. The van der Waals surface area contributed by atoms with Crippen LogP contribution in [0.3, 0.4) is 0 Å². The van der Waals surface area contributed by atoms with E-state index in [0.717, 1.165) is 6.42 Å². The maximum absolute atomic E-state index is 15.4. The third kappa shape index (κ3) is 6.84. The zero-order chi connectivity index (χ0) is 45.9. The van der Waals surface area contributed by atoms with Gasteiger partial charge in [-0.15, -0.1) is 21.9 Å². The van der Waals surface area contributed by atoms with Gasteiger partial charge in [-0.25, -0.2) is 92.8 Å². The summed E-state index contributed by atoms with van der Waals surface area (Å²) in [6.07, 6.45) is -4.26. The average Bonchev–Trinajstić information content (AvgIpc) is 3.27. The SMILES string of the molecule is Fc1c(F)c(F)c([B-](c2c(F)c(F)c(F)c(F)c2F)(c2c(F)c(F)c(F)c(F)c2F)c2c(F)c(F)c(F)c(F)c2F)c(F)c1F.c1ccc(Cc2[nH+]ccc3ccccc23)cc1. The van der Waals surface area contributed by atoms with Crippen LogP contribution in [0.25, 0.3) is 10.8 Å². The molecule has 1 heterocycles. The number of hydrogen-bond acceptors (Lipinski definition) is 0. The molecule has 1 N–H and O–H groups in total. The molecule has 7 rings (SSSR count). The minimum atomic E-state index is -7.22. The van der Waals surface area contributed by atoms with E-state index < -0.39 is 144 Å². The van der Waals surface area contributed by atoms with Crippen LogP contribution in [-0.4, -0.2) is 6.15 Å². The lowest BCUT2D eigenvalue weighted by Crippen LogP contribution is -2.81. The van der Waals surface area contributed by atoms with Gasteiger partial charge in [-0.1, -0.05) is 48.5 Å². The molecular weight excluding hydrogens is 885 g/mol. The molecule has 0 aliphatic carbocycles. The van der Waals surface area contributed by atoms with E-state index in [9.17, 15) is 52.7 Å². The summed E-state index contributed by atoms with van der Waals surface area (Å²) < 4.78 is 294. The van der Waals surface area contributed by atoms with Crippen molar-refractivity contribution in [3.05, 3.63) is 194 Å². The quantitative estimate of drug-likeness (QED) is 0.0685. The molecule has 0 bridgehead atoms. The van der Waals surface area contributed by atoms with E-state index in [2.05, 4.69) is 65.6 Å². The third-order valence-electron chi connectivity index (χ3n) is 9.74. The van der Waals surface area contributed by atoms with Gasteiger partial charge in [-0.05, 0) is 17.0 Å². The molecule has 0 unspecified atom stereocenters. The minimum absolute atomic E-state index is 0.947. The molecule has 6 aromatic carbocycles. The Morgan fingerprint density at radius 1 is 0.306 bits per heavy atom. The molecule has 0 radical (unpaired) electrons. The van der Waals surface area contributed by atoms with Crippen molar-refractivity contribution in [2.24, 2.45) is 0 Å². The highest BCUT2D eigenvalue weighted by Crippen LogP contribution is 2.31. The van der Waals surface area contributed by atoms with Crippen molar-refractivity contribution >= 4 is 38.8 Å². The first-order chi connectivity index (χ1) is 29.1. The van der Waals surface area contributed by atoms with Gasteiger partial charge >= 0.3 is 0 Å². The number of aromatic nitrogens is 1. The molecule has 0 spiro atoms. The van der Waals surface area contributed by atoms with Gasteiger partial charge in [0.1, 0.15) is 52.7 Å². The molecule has 0 saturated carbocycles. The predicted octanol–water partition coefficient (Wildman–Crippen LogP) is 9.09. The number of benzene rings is 6. The van der Waals surface area contributed by atoms with Gasteiger partial charge in [0.25, 0.3) is 0 Å². The van der Waals surface area contributed by atoms with E-state index in [4.69, 9.17) is 0 Å². The number of hydrogen-bond donors (Lipinski definition) is 0. The van der Waals surface area contributed by atoms with E-state index >= 15 is 35.1 Å². The van der Waals surface area contributed by atoms with Crippen LogP contribution < -0.4 is 26.8 Å². The van der Waals surface area contributed by atoms with Crippen LogP contribution in [0.2, 0.25) is 0 Å². The lowest BCUT2D eigenvalue weighted by molar-refractivity contribution is -0.387. The Kier molecular flexibility index (Phi) is 12.1. The molecule has 7 aromatic rings. The Labute approximate surface area is 332 Å². The molecular formula is C40H14BF20N. The molecule has 0 saturated heterocycles. The second kappa shape index (κ2) is 16.7. The van der Waals surface area contributed by atoms with Crippen molar-refractivity contribution in [2.45, 2.75) is 6.42 Å². The largest absolute Gasteiger partial charge is 0.214 e. The number of nitrogens with one attached hydrogen (secondary N) is 1. The second-order valence-corrected chi connectivity index (χ2v) is 13.0. The summed E-state index contributed by atoms with van der Waals surface area (Å²) in [5.41, 5.74) is -11.7. The van der Waals surface area contributed by atoms with Gasteiger partial charge in [-0.2, -0.15) is 0 Å². The van der Waals surface area contributed by atoms with Gasteiger partial charge < -0.3 is 0 Å². The van der Waals surface area contributed by atoms with Crippen molar-refractivity contribution in [3.8, 4) is 0 Å². The molecule has 0 aliphatic rings. The standard InChI is InChI=1S/C24BF20.C16H13N/c26-5-1(6(27)14(35)21(42)13(5)34)25(2-7(28)15(36)22(43)16(37)8(2)29,3-9(30)17(38)23(44)18(39)10(3)31)4-11(32)19(40)24(45)20(41)12(4)33;1-2-6-13(7-3-1)12-16-15-9-5-4-8-14(15)10-11-17-16/h;1-11H,12H2/q-1;/p+1. The van der Waals surface area contributed by atoms with Gasteiger partial charge in [0.2, 0.25) is 0 Å². The monoisotopic (exact) mass is 899 g/mol. The smallest absolute Gasteiger partial charge is 0.200 e. The third-order valence-corrected chi connectivity index (χ3v) is 9.74. The number of halogens is 20. The van der Waals surface area contributed by atoms with Crippen LogP contribution in [0.1, 0.15) is 11.3 Å². The first-order valence-electron chi connectivity index (χ1n) is 16.8. The fourth-order valence-corrected chi connectivity index (χ4v) is 7.05. The normalized spacial score (nSPS) is 11.6.